The van der Waals surface area contributed by atoms with Crippen molar-refractivity contribution in [3.8, 4) is 0 Å². The molecule has 9 heteroatoms. The third-order valence-corrected chi connectivity index (χ3v) is 6.47. The number of halogens is 1. The standard InChI is InChI=1S/C23H28FN5O3/c1-3-29-21(31)19-18(20(30)25-12-15-8-4-7-11-17(15)24)26-14-28(19)13-23(29,2)22(32)27-16-9-5-6-10-16/h4,7-8,11,14,16H,3,5-6,9-10,12-13H2,1-2H3,(H,25,30)(H,27,32)/t23-/m0/s1. The molecule has 0 spiro atoms. The number of rotatable bonds is 6. The summed E-state index contributed by atoms with van der Waals surface area (Å²) in [6.45, 7) is 4.05. The van der Waals surface area contributed by atoms with E-state index in [0.717, 1.165) is 25.7 Å². The highest BCUT2D eigenvalue weighted by molar-refractivity contribution is 6.07. The van der Waals surface area contributed by atoms with Gasteiger partial charge in [0.1, 0.15) is 17.1 Å². The van der Waals surface area contributed by atoms with E-state index in [9.17, 15) is 18.8 Å². The normalized spacial score (nSPS) is 20.8. The molecule has 2 aromatic rings. The van der Waals surface area contributed by atoms with Gasteiger partial charge >= 0.3 is 0 Å². The fourth-order valence-electron chi connectivity index (χ4n) is 4.66. The lowest BCUT2D eigenvalue weighted by molar-refractivity contribution is -0.133. The van der Waals surface area contributed by atoms with Crippen LogP contribution in [0.2, 0.25) is 0 Å². The molecule has 0 radical (unpaired) electrons. The van der Waals surface area contributed by atoms with E-state index >= 15 is 0 Å². The smallest absolute Gasteiger partial charge is 0.273 e. The Morgan fingerprint density at radius 2 is 1.97 bits per heavy atom. The largest absolute Gasteiger partial charge is 0.351 e. The molecule has 1 saturated carbocycles. The maximum Gasteiger partial charge on any atom is 0.273 e. The van der Waals surface area contributed by atoms with Gasteiger partial charge in [-0.1, -0.05) is 31.0 Å². The summed E-state index contributed by atoms with van der Waals surface area (Å²) in [7, 11) is 0. The number of carbonyl (C=O) groups is 3. The van der Waals surface area contributed by atoms with Gasteiger partial charge in [0.2, 0.25) is 5.91 Å². The van der Waals surface area contributed by atoms with Gasteiger partial charge in [-0.3, -0.25) is 14.4 Å². The van der Waals surface area contributed by atoms with Gasteiger partial charge in [0.05, 0.1) is 12.9 Å². The number of hydrogen-bond acceptors (Lipinski definition) is 4. The Kier molecular flexibility index (Phi) is 5.99. The topological polar surface area (TPSA) is 96.3 Å². The van der Waals surface area contributed by atoms with Gasteiger partial charge < -0.3 is 20.1 Å². The van der Waals surface area contributed by atoms with Gasteiger partial charge in [-0.15, -0.1) is 0 Å². The van der Waals surface area contributed by atoms with E-state index in [1.807, 2.05) is 6.92 Å². The molecule has 0 saturated heterocycles. The summed E-state index contributed by atoms with van der Waals surface area (Å²) < 4.78 is 15.4. The Morgan fingerprint density at radius 1 is 1.25 bits per heavy atom. The number of nitrogens with one attached hydrogen (secondary N) is 2. The van der Waals surface area contributed by atoms with Crippen LogP contribution < -0.4 is 10.6 Å². The fourth-order valence-corrected chi connectivity index (χ4v) is 4.66. The van der Waals surface area contributed by atoms with Crippen LogP contribution in [0.15, 0.2) is 30.6 Å². The summed E-state index contributed by atoms with van der Waals surface area (Å²) in [5.74, 6) is -1.59. The molecule has 1 fully saturated rings. The molecule has 3 amide bonds. The monoisotopic (exact) mass is 441 g/mol. The second kappa shape index (κ2) is 8.72. The first kappa shape index (κ1) is 22.0. The minimum absolute atomic E-state index is 0.0228. The minimum Gasteiger partial charge on any atom is -0.351 e. The SMILES string of the molecule is CCN1C(=O)c2c(C(=O)NCc3ccccc3F)ncn2C[C@@]1(C)C(=O)NC1CCCC1. The van der Waals surface area contributed by atoms with Crippen molar-refractivity contribution in [3.05, 3.63) is 53.4 Å². The highest BCUT2D eigenvalue weighted by atomic mass is 19.1. The van der Waals surface area contributed by atoms with E-state index in [1.54, 1.807) is 29.7 Å². The third-order valence-electron chi connectivity index (χ3n) is 6.47. The summed E-state index contributed by atoms with van der Waals surface area (Å²) in [5.41, 5.74) is -0.623. The lowest BCUT2D eigenvalue weighted by Crippen LogP contribution is -2.64. The molecule has 1 aliphatic carbocycles. The van der Waals surface area contributed by atoms with Crippen LogP contribution in [0.25, 0.3) is 0 Å². The molecule has 8 nitrogen and oxygen atoms in total. The maximum atomic E-state index is 13.9. The van der Waals surface area contributed by atoms with E-state index in [1.165, 1.54) is 17.3 Å². The first-order valence-corrected chi connectivity index (χ1v) is 11.0. The summed E-state index contributed by atoms with van der Waals surface area (Å²) >= 11 is 0. The Morgan fingerprint density at radius 3 is 2.66 bits per heavy atom. The predicted octanol–water partition coefficient (Wildman–Crippen LogP) is 2.25. The van der Waals surface area contributed by atoms with Crippen LogP contribution in [0.4, 0.5) is 4.39 Å². The predicted molar refractivity (Wildman–Crippen MR) is 115 cm³/mol. The van der Waals surface area contributed by atoms with E-state index < -0.39 is 23.2 Å². The summed E-state index contributed by atoms with van der Waals surface area (Å²) in [6.07, 6.45) is 5.50. The average Bonchev–Trinajstić information content (AvgIpc) is 3.43. The van der Waals surface area contributed by atoms with Crippen LogP contribution in [0.5, 0.6) is 0 Å². The molecular weight excluding hydrogens is 413 g/mol. The highest BCUT2D eigenvalue weighted by Gasteiger charge is 2.48. The zero-order valence-electron chi connectivity index (χ0n) is 18.4. The molecule has 2 heterocycles. The van der Waals surface area contributed by atoms with Gasteiger partial charge in [-0.05, 0) is 32.8 Å². The molecule has 1 aromatic heterocycles. The molecule has 32 heavy (non-hydrogen) atoms. The van der Waals surface area contributed by atoms with Crippen molar-refractivity contribution in [1.29, 1.82) is 0 Å². The van der Waals surface area contributed by atoms with Gasteiger partial charge in [-0.2, -0.15) is 0 Å². The Bertz CT molecular complexity index is 1050. The van der Waals surface area contributed by atoms with Crippen LogP contribution in [-0.4, -0.2) is 50.3 Å². The lowest BCUT2D eigenvalue weighted by Gasteiger charge is -2.43. The molecule has 0 bridgehead atoms. The number of nitrogens with zero attached hydrogens (tertiary/aromatic N) is 3. The van der Waals surface area contributed by atoms with Crippen molar-refractivity contribution in [2.75, 3.05) is 6.54 Å². The molecule has 1 aromatic carbocycles. The van der Waals surface area contributed by atoms with Crippen molar-refractivity contribution < 1.29 is 18.8 Å². The Hall–Kier alpha value is -3.23. The number of hydrogen-bond donors (Lipinski definition) is 2. The van der Waals surface area contributed by atoms with E-state index in [4.69, 9.17) is 0 Å². The highest BCUT2D eigenvalue weighted by Crippen LogP contribution is 2.29. The Labute approximate surface area is 186 Å². The molecule has 2 N–H and O–H groups in total. The molecule has 1 aliphatic heterocycles. The van der Waals surface area contributed by atoms with Crippen molar-refractivity contribution in [3.63, 3.8) is 0 Å². The summed E-state index contributed by atoms with van der Waals surface area (Å²) in [6, 6.07) is 6.29. The molecule has 1 atom stereocenters. The summed E-state index contributed by atoms with van der Waals surface area (Å²) in [5, 5.41) is 5.73. The maximum absolute atomic E-state index is 13.9. The van der Waals surface area contributed by atoms with E-state index in [0.29, 0.717) is 12.1 Å². The van der Waals surface area contributed by atoms with Crippen molar-refractivity contribution in [2.45, 2.75) is 64.2 Å². The third kappa shape index (κ3) is 3.87. The zero-order valence-corrected chi connectivity index (χ0v) is 18.4. The molecule has 170 valence electrons. The number of likely N-dealkylation sites (N-methyl/N-ethyl adjacent to an activating group) is 1. The number of fused-ring (bicyclic) bond motifs is 1. The van der Waals surface area contributed by atoms with Gasteiger partial charge in [-0.25, -0.2) is 9.37 Å². The fraction of sp³-hybridized carbons (Fsp3) is 0.478. The number of carbonyl (C=O) groups excluding carboxylic acids is 3. The van der Waals surface area contributed by atoms with Crippen molar-refractivity contribution in [1.82, 2.24) is 25.1 Å². The van der Waals surface area contributed by atoms with Crippen LogP contribution in [0.3, 0.4) is 0 Å². The number of amides is 3. The van der Waals surface area contributed by atoms with Crippen LogP contribution in [0.1, 0.15) is 66.1 Å². The zero-order chi connectivity index (χ0) is 22.9. The van der Waals surface area contributed by atoms with E-state index in [-0.39, 0.29) is 36.4 Å². The Balaban J connectivity index is 1.55. The van der Waals surface area contributed by atoms with Crippen molar-refractivity contribution >= 4 is 17.7 Å². The average molecular weight is 442 g/mol. The van der Waals surface area contributed by atoms with Crippen molar-refractivity contribution in [2.24, 2.45) is 0 Å². The molecule has 2 aliphatic rings. The first-order chi connectivity index (χ1) is 15.3. The van der Waals surface area contributed by atoms with Gasteiger partial charge in [0.15, 0.2) is 5.69 Å². The van der Waals surface area contributed by atoms with Gasteiger partial charge in [0.25, 0.3) is 11.8 Å². The number of aromatic nitrogens is 2. The minimum atomic E-state index is -1.08. The summed E-state index contributed by atoms with van der Waals surface area (Å²) in [4.78, 5) is 45.0. The molecule has 0 unspecified atom stereocenters. The molecular formula is C23H28FN5O3. The number of imidazole rings is 1. The van der Waals surface area contributed by atoms with Gasteiger partial charge in [0, 0.05) is 24.7 Å². The molecule has 4 rings (SSSR count). The quantitative estimate of drug-likeness (QED) is 0.719. The van der Waals surface area contributed by atoms with Crippen LogP contribution in [0, 0.1) is 5.82 Å². The second-order valence-corrected chi connectivity index (χ2v) is 8.62. The second-order valence-electron chi connectivity index (χ2n) is 8.62. The first-order valence-electron chi connectivity index (χ1n) is 11.0. The van der Waals surface area contributed by atoms with E-state index in [2.05, 4.69) is 15.6 Å². The lowest BCUT2D eigenvalue weighted by atomic mass is 9.94. The van der Waals surface area contributed by atoms with Crippen LogP contribution >= 0.6 is 0 Å². The van der Waals surface area contributed by atoms with Crippen LogP contribution in [-0.2, 0) is 17.9 Å². The number of benzene rings is 1.